The first-order valence-corrected chi connectivity index (χ1v) is 23.6. The van der Waals surface area contributed by atoms with Crippen molar-refractivity contribution in [1.82, 2.24) is 0 Å². The summed E-state index contributed by atoms with van der Waals surface area (Å²) in [6.07, 6.45) is 6.51. The highest BCUT2D eigenvalue weighted by molar-refractivity contribution is 7.25. The molecule has 304 valence electrons. The van der Waals surface area contributed by atoms with Crippen molar-refractivity contribution in [3.05, 3.63) is 211 Å². The molecular formula is C61H49NS. The maximum Gasteiger partial charge on any atom is 0.0540 e. The lowest BCUT2D eigenvalue weighted by atomic mass is 9.80. The van der Waals surface area contributed by atoms with Gasteiger partial charge in [0.1, 0.15) is 0 Å². The minimum absolute atomic E-state index is 0.0466. The second-order valence-electron chi connectivity index (χ2n) is 18.2. The Labute approximate surface area is 374 Å². The summed E-state index contributed by atoms with van der Waals surface area (Å²) in [6, 6.07) is 73.0. The van der Waals surface area contributed by atoms with Crippen LogP contribution in [0.3, 0.4) is 0 Å². The highest BCUT2D eigenvalue weighted by atomic mass is 32.1. The first-order valence-electron chi connectivity index (χ1n) is 22.8. The molecule has 9 aromatic carbocycles. The summed E-state index contributed by atoms with van der Waals surface area (Å²) in [5.74, 6) is 0.591. The quantitative estimate of drug-likeness (QED) is 0.155. The minimum atomic E-state index is -0.0466. The molecular weight excluding hydrogens is 779 g/mol. The Bertz CT molecular complexity index is 3340. The number of hydrogen-bond donors (Lipinski definition) is 0. The van der Waals surface area contributed by atoms with Gasteiger partial charge in [-0.2, -0.15) is 0 Å². The molecule has 2 heteroatoms. The van der Waals surface area contributed by atoms with E-state index in [9.17, 15) is 0 Å². The SMILES string of the molecule is CC1(C)c2ccccc2-c2c(-c3ccc(N(c4ccc(-c5cccc6sc7ccccc7c56)cc4)c4ccccc4-c4cccc5cccc(C6CCCCC6)c45)cc3)cccc21. The summed E-state index contributed by atoms with van der Waals surface area (Å²) in [6.45, 7) is 4.73. The van der Waals surface area contributed by atoms with Crippen LogP contribution in [-0.4, -0.2) is 0 Å². The molecule has 63 heavy (non-hydrogen) atoms. The van der Waals surface area contributed by atoms with Crippen LogP contribution in [-0.2, 0) is 5.41 Å². The van der Waals surface area contributed by atoms with E-state index in [1.807, 2.05) is 11.3 Å². The van der Waals surface area contributed by atoms with Crippen LogP contribution in [0.2, 0.25) is 0 Å². The lowest BCUT2D eigenvalue weighted by molar-refractivity contribution is 0.445. The van der Waals surface area contributed by atoms with Crippen LogP contribution in [0.15, 0.2) is 194 Å². The van der Waals surface area contributed by atoms with E-state index in [4.69, 9.17) is 0 Å². The molecule has 0 bridgehead atoms. The molecule has 0 N–H and O–H groups in total. The van der Waals surface area contributed by atoms with Gasteiger partial charge in [0.25, 0.3) is 0 Å². The number of rotatable bonds is 7. The zero-order chi connectivity index (χ0) is 42.1. The molecule has 1 saturated carbocycles. The minimum Gasteiger partial charge on any atom is -0.310 e. The molecule has 0 unspecified atom stereocenters. The zero-order valence-corrected chi connectivity index (χ0v) is 36.8. The van der Waals surface area contributed by atoms with Crippen molar-refractivity contribution in [2.45, 2.75) is 57.3 Å². The summed E-state index contributed by atoms with van der Waals surface area (Å²) in [7, 11) is 0. The molecule has 1 heterocycles. The molecule has 2 aliphatic rings. The van der Waals surface area contributed by atoms with E-state index in [1.54, 1.807) is 0 Å². The fraction of sp³-hybridized carbons (Fsp3) is 0.148. The third-order valence-corrected chi connectivity index (χ3v) is 15.4. The maximum atomic E-state index is 2.49. The smallest absolute Gasteiger partial charge is 0.0540 e. The second kappa shape index (κ2) is 15.3. The normalized spacial score (nSPS) is 14.6. The van der Waals surface area contributed by atoms with Crippen molar-refractivity contribution in [3.8, 4) is 44.5 Å². The van der Waals surface area contributed by atoms with Gasteiger partial charge < -0.3 is 4.90 Å². The number of fused-ring (bicyclic) bond motifs is 7. The lowest BCUT2D eigenvalue weighted by Crippen LogP contribution is -2.14. The van der Waals surface area contributed by atoms with Crippen molar-refractivity contribution >= 4 is 59.3 Å². The van der Waals surface area contributed by atoms with Gasteiger partial charge in [0.05, 0.1) is 5.69 Å². The van der Waals surface area contributed by atoms with Gasteiger partial charge in [-0.15, -0.1) is 11.3 Å². The van der Waals surface area contributed by atoms with Gasteiger partial charge in [-0.3, -0.25) is 0 Å². The van der Waals surface area contributed by atoms with Gasteiger partial charge >= 0.3 is 0 Å². The zero-order valence-electron chi connectivity index (χ0n) is 35.9. The summed E-state index contributed by atoms with van der Waals surface area (Å²) in [4.78, 5) is 2.49. The first-order chi connectivity index (χ1) is 31.0. The molecule has 1 nitrogen and oxygen atoms in total. The summed E-state index contributed by atoms with van der Waals surface area (Å²) in [5, 5.41) is 5.39. The Balaban J connectivity index is 1.02. The third-order valence-electron chi connectivity index (χ3n) is 14.3. The van der Waals surface area contributed by atoms with Crippen LogP contribution in [0.1, 0.15) is 68.6 Å². The predicted octanol–water partition coefficient (Wildman–Crippen LogP) is 18.0. The van der Waals surface area contributed by atoms with E-state index < -0.39 is 0 Å². The summed E-state index contributed by atoms with van der Waals surface area (Å²) < 4.78 is 2.66. The molecule has 2 aliphatic carbocycles. The van der Waals surface area contributed by atoms with Crippen molar-refractivity contribution < 1.29 is 0 Å². The number of anilines is 3. The molecule has 1 fully saturated rings. The van der Waals surface area contributed by atoms with Crippen LogP contribution < -0.4 is 4.90 Å². The van der Waals surface area contributed by atoms with Crippen LogP contribution in [0.4, 0.5) is 17.1 Å². The van der Waals surface area contributed by atoms with Crippen molar-refractivity contribution in [3.63, 3.8) is 0 Å². The molecule has 0 atom stereocenters. The predicted molar refractivity (Wildman–Crippen MR) is 271 cm³/mol. The molecule has 0 amide bonds. The van der Waals surface area contributed by atoms with E-state index in [0.717, 1.165) is 11.4 Å². The Morgan fingerprint density at radius 1 is 0.444 bits per heavy atom. The number of para-hydroxylation sites is 1. The number of benzene rings is 9. The Morgan fingerprint density at radius 3 is 1.81 bits per heavy atom. The second-order valence-corrected chi connectivity index (χ2v) is 19.3. The molecule has 1 aromatic heterocycles. The molecule has 0 aliphatic heterocycles. The van der Waals surface area contributed by atoms with Crippen molar-refractivity contribution in [2.75, 3.05) is 4.90 Å². The van der Waals surface area contributed by atoms with Crippen LogP contribution >= 0.6 is 11.3 Å². The highest BCUT2D eigenvalue weighted by Gasteiger charge is 2.36. The standard InChI is InChI=1S/C61H49NS/c1-61(2)53-27-9-6-21-51(53)59-47(24-14-28-54(59)61)41-32-36-44(37-33-41)62(45-38-34-42(35-39-45)48-25-15-31-57-60(48)52-22-8-11-30-56(52)63-57)55-29-10-7-20-49(55)50-26-13-19-43-18-12-23-46(58(43)50)40-16-4-3-5-17-40/h6-15,18-40H,3-5,16-17H2,1-2H3. The molecule has 0 radical (unpaired) electrons. The molecule has 0 spiro atoms. The van der Waals surface area contributed by atoms with Gasteiger partial charge in [0, 0.05) is 42.5 Å². The Kier molecular flexibility index (Phi) is 9.20. The largest absolute Gasteiger partial charge is 0.310 e. The molecule has 0 saturated heterocycles. The van der Waals surface area contributed by atoms with E-state index in [1.165, 1.54) is 130 Å². The number of thiophene rings is 1. The Hall–Kier alpha value is -6.74. The fourth-order valence-electron chi connectivity index (χ4n) is 11.3. The van der Waals surface area contributed by atoms with E-state index >= 15 is 0 Å². The van der Waals surface area contributed by atoms with Gasteiger partial charge in [-0.05, 0) is 128 Å². The van der Waals surface area contributed by atoms with Gasteiger partial charge in [-0.25, -0.2) is 0 Å². The maximum absolute atomic E-state index is 2.49. The number of nitrogens with zero attached hydrogens (tertiary/aromatic N) is 1. The lowest BCUT2D eigenvalue weighted by Gasteiger charge is -2.29. The molecule has 12 rings (SSSR count). The average Bonchev–Trinajstić information content (AvgIpc) is 3.84. The van der Waals surface area contributed by atoms with E-state index in [2.05, 4.69) is 213 Å². The molecule has 10 aromatic rings. The van der Waals surface area contributed by atoms with Gasteiger partial charge in [0.2, 0.25) is 0 Å². The van der Waals surface area contributed by atoms with Crippen molar-refractivity contribution in [1.29, 1.82) is 0 Å². The summed E-state index contributed by atoms with van der Waals surface area (Å²) >= 11 is 1.88. The van der Waals surface area contributed by atoms with Gasteiger partial charge in [-0.1, -0.05) is 185 Å². The number of hydrogen-bond acceptors (Lipinski definition) is 2. The van der Waals surface area contributed by atoms with Gasteiger partial charge in [0.15, 0.2) is 0 Å². The van der Waals surface area contributed by atoms with Crippen LogP contribution in [0.25, 0.3) is 75.5 Å². The van der Waals surface area contributed by atoms with E-state index in [-0.39, 0.29) is 5.41 Å². The Morgan fingerprint density at radius 2 is 1.02 bits per heavy atom. The van der Waals surface area contributed by atoms with Crippen molar-refractivity contribution in [2.24, 2.45) is 0 Å². The van der Waals surface area contributed by atoms with Crippen LogP contribution in [0, 0.1) is 0 Å². The summed E-state index contributed by atoms with van der Waals surface area (Å²) in [5.41, 5.74) is 18.0. The van der Waals surface area contributed by atoms with Crippen LogP contribution in [0.5, 0.6) is 0 Å². The first kappa shape index (κ1) is 38.0. The fourth-order valence-corrected chi connectivity index (χ4v) is 12.4. The van der Waals surface area contributed by atoms with E-state index in [0.29, 0.717) is 5.92 Å². The average molecular weight is 828 g/mol. The third kappa shape index (κ3) is 6.26. The topological polar surface area (TPSA) is 3.24 Å². The monoisotopic (exact) mass is 827 g/mol. The highest BCUT2D eigenvalue weighted by Crippen LogP contribution is 2.53.